The molecule has 4 saturated carbocycles. The summed E-state index contributed by atoms with van der Waals surface area (Å²) in [6.07, 6.45) is 8.50. The number of hydrogen-bond acceptors (Lipinski definition) is 4. The summed E-state index contributed by atoms with van der Waals surface area (Å²) in [5.41, 5.74) is 0.0420. The number of hydrogen-bond donors (Lipinski definition) is 3. The molecule has 196 valence electrons. The Morgan fingerprint density at radius 2 is 1.74 bits per heavy atom. The van der Waals surface area contributed by atoms with Crippen molar-refractivity contribution in [3.05, 3.63) is 11.6 Å². The van der Waals surface area contributed by atoms with E-state index >= 15 is 0 Å². The van der Waals surface area contributed by atoms with E-state index in [0.29, 0.717) is 43.6 Å². The maximum atomic E-state index is 12.9. The average Bonchev–Trinajstić information content (AvgIpc) is 2.78. The van der Waals surface area contributed by atoms with Crippen LogP contribution in [0.2, 0.25) is 0 Å². The molecule has 5 nitrogen and oxygen atoms in total. The van der Waals surface area contributed by atoms with Crippen LogP contribution in [0.5, 0.6) is 0 Å². The third kappa shape index (κ3) is 2.50. The number of aliphatic hydroxyl groups is 2. The van der Waals surface area contributed by atoms with Crippen LogP contribution in [0.3, 0.4) is 0 Å². The number of aliphatic carboxylic acids is 1. The van der Waals surface area contributed by atoms with Crippen LogP contribution in [0.25, 0.3) is 0 Å². The molecule has 5 heteroatoms. The van der Waals surface area contributed by atoms with E-state index in [-0.39, 0.29) is 33.5 Å². The fourth-order valence-corrected chi connectivity index (χ4v) is 11.4. The van der Waals surface area contributed by atoms with Gasteiger partial charge in [0.05, 0.1) is 12.7 Å². The minimum atomic E-state index is -1.06. The highest BCUT2D eigenvalue weighted by Gasteiger charge is 2.75. The van der Waals surface area contributed by atoms with Crippen molar-refractivity contribution in [2.24, 2.45) is 56.7 Å². The molecule has 6 fully saturated rings. The molecular formula is C30H46O5. The largest absolute Gasteiger partial charge is 0.481 e. The van der Waals surface area contributed by atoms with E-state index in [1.807, 2.05) is 0 Å². The van der Waals surface area contributed by atoms with Gasteiger partial charge in [-0.05, 0) is 79.4 Å². The zero-order valence-corrected chi connectivity index (χ0v) is 22.6. The number of allylic oxidation sites excluding steroid dienone is 2. The Kier molecular flexibility index (Phi) is 4.84. The van der Waals surface area contributed by atoms with Crippen LogP contribution < -0.4 is 0 Å². The predicted octanol–water partition coefficient (Wildman–Crippen LogP) is 5.40. The van der Waals surface area contributed by atoms with Crippen LogP contribution in [0.4, 0.5) is 0 Å². The Bertz CT molecular complexity index is 975. The van der Waals surface area contributed by atoms with E-state index < -0.39 is 23.3 Å². The van der Waals surface area contributed by atoms with Gasteiger partial charge in [-0.2, -0.15) is 0 Å². The molecule has 2 heterocycles. The Morgan fingerprint density at radius 1 is 1.03 bits per heavy atom. The number of carbonyl (C=O) groups is 1. The van der Waals surface area contributed by atoms with Crippen molar-refractivity contribution in [3.63, 3.8) is 0 Å². The second-order valence-electron chi connectivity index (χ2n) is 14.7. The average molecular weight is 487 g/mol. The molecule has 11 atom stereocenters. The predicted molar refractivity (Wildman–Crippen MR) is 133 cm³/mol. The fourth-order valence-electron chi connectivity index (χ4n) is 11.4. The van der Waals surface area contributed by atoms with Crippen molar-refractivity contribution in [1.82, 2.24) is 0 Å². The molecule has 1 spiro atoms. The molecular weight excluding hydrogens is 440 g/mol. The first kappa shape index (κ1) is 24.4. The second-order valence-corrected chi connectivity index (χ2v) is 14.7. The van der Waals surface area contributed by atoms with Crippen molar-refractivity contribution < 1.29 is 24.9 Å². The summed E-state index contributed by atoms with van der Waals surface area (Å²) in [7, 11) is 0. The van der Waals surface area contributed by atoms with Gasteiger partial charge in [-0.3, -0.25) is 4.79 Å². The van der Waals surface area contributed by atoms with E-state index in [1.54, 1.807) is 0 Å². The minimum Gasteiger partial charge on any atom is -0.481 e. The third-order valence-electron chi connectivity index (χ3n) is 13.9. The Hall–Kier alpha value is -0.910. The van der Waals surface area contributed by atoms with E-state index in [2.05, 4.69) is 47.6 Å². The highest BCUT2D eigenvalue weighted by Crippen LogP contribution is 2.77. The van der Waals surface area contributed by atoms with Gasteiger partial charge in [0.25, 0.3) is 0 Å². The SMILES string of the molecule is CC1CC(O)C2(C(=O)O)CCC3(C)C(=CCC4C56CCC(O)(OC5)C(C)(C)C6CCC43C)C2C1C. The van der Waals surface area contributed by atoms with Crippen molar-refractivity contribution in [2.75, 3.05) is 6.61 Å². The molecule has 0 aromatic rings. The van der Waals surface area contributed by atoms with Gasteiger partial charge in [0, 0.05) is 23.2 Å². The number of carboxylic acids is 1. The summed E-state index contributed by atoms with van der Waals surface area (Å²) in [5, 5.41) is 33.2. The van der Waals surface area contributed by atoms with E-state index in [9.17, 15) is 20.1 Å². The lowest BCUT2D eigenvalue weighted by Crippen LogP contribution is -2.73. The van der Waals surface area contributed by atoms with E-state index in [1.165, 1.54) is 5.57 Å². The Balaban J connectivity index is 1.48. The molecule has 11 unspecified atom stereocenters. The lowest BCUT2D eigenvalue weighted by atomic mass is 9.32. The summed E-state index contributed by atoms with van der Waals surface area (Å²) in [6, 6.07) is 0. The lowest BCUT2D eigenvalue weighted by molar-refractivity contribution is -0.395. The lowest BCUT2D eigenvalue weighted by Gasteiger charge is -2.74. The van der Waals surface area contributed by atoms with Crippen LogP contribution in [0.1, 0.15) is 92.9 Å². The fraction of sp³-hybridized carbons (Fsp3) is 0.900. The van der Waals surface area contributed by atoms with Crippen molar-refractivity contribution in [2.45, 2.75) is 105 Å². The molecule has 0 amide bonds. The van der Waals surface area contributed by atoms with Crippen LogP contribution in [-0.2, 0) is 9.53 Å². The standard InChI is InChI=1S/C30H46O5/c1-17-15-22(31)29(24(32)33)13-11-26(5)19(23(29)18(17)2)7-8-21-27(26,6)10-9-20-25(3,4)30(34)14-12-28(20,21)16-35-30/h7,17-18,20-23,31,34H,8-16H2,1-6H3,(H,32,33). The van der Waals surface area contributed by atoms with Crippen LogP contribution in [0, 0.1) is 56.7 Å². The quantitative estimate of drug-likeness (QED) is 0.432. The number of aliphatic hydroxyl groups excluding tert-OH is 1. The number of rotatable bonds is 1. The first-order valence-corrected chi connectivity index (χ1v) is 14.2. The Morgan fingerprint density at radius 3 is 2.37 bits per heavy atom. The maximum absolute atomic E-state index is 12.9. The molecule has 7 rings (SSSR count). The molecule has 5 aliphatic carbocycles. The topological polar surface area (TPSA) is 87.0 Å². The molecule has 2 saturated heterocycles. The molecule has 0 aromatic heterocycles. The van der Waals surface area contributed by atoms with Gasteiger partial charge in [-0.25, -0.2) is 0 Å². The van der Waals surface area contributed by atoms with Crippen LogP contribution in [-0.4, -0.2) is 39.8 Å². The summed E-state index contributed by atoms with van der Waals surface area (Å²) in [4.78, 5) is 12.9. The van der Waals surface area contributed by atoms with E-state index in [4.69, 9.17) is 4.74 Å². The smallest absolute Gasteiger partial charge is 0.312 e. The summed E-state index contributed by atoms with van der Waals surface area (Å²) >= 11 is 0. The molecule has 35 heavy (non-hydrogen) atoms. The highest BCUT2D eigenvalue weighted by atomic mass is 16.6. The van der Waals surface area contributed by atoms with Crippen LogP contribution >= 0.6 is 0 Å². The second kappa shape index (κ2) is 6.94. The van der Waals surface area contributed by atoms with Gasteiger partial charge in [-0.1, -0.05) is 53.2 Å². The van der Waals surface area contributed by atoms with Crippen molar-refractivity contribution in [1.29, 1.82) is 0 Å². The molecule has 3 N–H and O–H groups in total. The van der Waals surface area contributed by atoms with Gasteiger partial charge in [0.1, 0.15) is 5.41 Å². The van der Waals surface area contributed by atoms with Gasteiger partial charge in [-0.15, -0.1) is 0 Å². The minimum absolute atomic E-state index is 0.0514. The van der Waals surface area contributed by atoms with Crippen molar-refractivity contribution >= 4 is 5.97 Å². The number of carboxylic acid groups (broad SMARTS) is 1. The number of fused-ring (bicyclic) bond motifs is 7. The van der Waals surface area contributed by atoms with Gasteiger partial charge >= 0.3 is 5.97 Å². The first-order valence-electron chi connectivity index (χ1n) is 14.2. The zero-order valence-electron chi connectivity index (χ0n) is 22.6. The molecule has 0 radical (unpaired) electrons. The highest BCUT2D eigenvalue weighted by molar-refractivity contribution is 5.77. The van der Waals surface area contributed by atoms with Gasteiger partial charge in [0.2, 0.25) is 0 Å². The van der Waals surface area contributed by atoms with Gasteiger partial charge < -0.3 is 20.1 Å². The first-order chi connectivity index (χ1) is 16.2. The van der Waals surface area contributed by atoms with Crippen LogP contribution in [0.15, 0.2) is 11.6 Å². The molecule has 2 aliphatic heterocycles. The van der Waals surface area contributed by atoms with Gasteiger partial charge in [0.15, 0.2) is 5.79 Å². The van der Waals surface area contributed by atoms with Crippen molar-refractivity contribution in [3.8, 4) is 0 Å². The molecule has 0 aromatic carbocycles. The summed E-state index contributed by atoms with van der Waals surface area (Å²) < 4.78 is 6.31. The zero-order chi connectivity index (χ0) is 25.4. The van der Waals surface area contributed by atoms with E-state index in [0.717, 1.165) is 32.1 Å². The third-order valence-corrected chi connectivity index (χ3v) is 13.9. The number of ether oxygens (including phenoxy) is 1. The summed E-state index contributed by atoms with van der Waals surface area (Å²) in [5.74, 6) is -0.490. The normalized spacial score (nSPS) is 58.3. The Labute approximate surface area is 210 Å². The maximum Gasteiger partial charge on any atom is 0.312 e. The monoisotopic (exact) mass is 486 g/mol. The molecule has 7 aliphatic rings. The summed E-state index contributed by atoms with van der Waals surface area (Å²) in [6.45, 7) is 14.4. The molecule has 2 bridgehead atoms.